The Morgan fingerprint density at radius 3 is 2.38 bits per heavy atom. The van der Waals surface area contributed by atoms with E-state index in [1.54, 1.807) is 6.08 Å². The van der Waals surface area contributed by atoms with Gasteiger partial charge in [-0.1, -0.05) is 61.5 Å². The number of nitrogens with one attached hydrogen (secondary N) is 1. The van der Waals surface area contributed by atoms with Gasteiger partial charge in [0.1, 0.15) is 0 Å². The summed E-state index contributed by atoms with van der Waals surface area (Å²) in [6, 6.07) is 18.2. The van der Waals surface area contributed by atoms with Crippen LogP contribution in [0.3, 0.4) is 0 Å². The van der Waals surface area contributed by atoms with Crippen LogP contribution in [-0.4, -0.2) is 5.91 Å². The summed E-state index contributed by atoms with van der Waals surface area (Å²) in [7, 11) is 0. The summed E-state index contributed by atoms with van der Waals surface area (Å²) in [5.41, 5.74) is 3.45. The van der Waals surface area contributed by atoms with E-state index in [1.807, 2.05) is 43.3 Å². The van der Waals surface area contributed by atoms with E-state index in [0.717, 1.165) is 17.5 Å². The summed E-state index contributed by atoms with van der Waals surface area (Å²) in [4.78, 5) is 11.9. The number of hydrogen-bond acceptors (Lipinski definition) is 1. The third-order valence-corrected chi connectivity index (χ3v) is 3.47. The van der Waals surface area contributed by atoms with Gasteiger partial charge in [0, 0.05) is 6.08 Å². The molecule has 0 saturated carbocycles. The van der Waals surface area contributed by atoms with Crippen LogP contribution in [-0.2, 0) is 11.2 Å². The maximum absolute atomic E-state index is 11.9. The van der Waals surface area contributed by atoms with E-state index in [-0.39, 0.29) is 11.9 Å². The first kappa shape index (κ1) is 15.0. The third-order valence-electron chi connectivity index (χ3n) is 3.47. The van der Waals surface area contributed by atoms with Crippen LogP contribution in [0.1, 0.15) is 36.6 Å². The van der Waals surface area contributed by atoms with Gasteiger partial charge >= 0.3 is 0 Å². The van der Waals surface area contributed by atoms with E-state index in [0.29, 0.717) is 0 Å². The second-order valence-electron chi connectivity index (χ2n) is 5.07. The van der Waals surface area contributed by atoms with E-state index in [9.17, 15) is 4.79 Å². The number of hydrogen-bond donors (Lipinski definition) is 1. The molecule has 1 amide bonds. The van der Waals surface area contributed by atoms with Gasteiger partial charge in [0.05, 0.1) is 6.04 Å². The molecular formula is C19H21NO. The van der Waals surface area contributed by atoms with Gasteiger partial charge < -0.3 is 5.32 Å². The molecule has 108 valence electrons. The monoisotopic (exact) mass is 279 g/mol. The molecule has 0 aromatic heterocycles. The second-order valence-corrected chi connectivity index (χ2v) is 5.07. The molecule has 0 aliphatic carbocycles. The highest BCUT2D eigenvalue weighted by molar-refractivity contribution is 5.91. The maximum atomic E-state index is 11.9. The molecule has 1 N–H and O–H groups in total. The Balaban J connectivity index is 1.93. The van der Waals surface area contributed by atoms with Crippen molar-refractivity contribution in [2.45, 2.75) is 26.3 Å². The molecule has 2 rings (SSSR count). The predicted octanol–water partition coefficient (Wildman–Crippen LogP) is 4.14. The van der Waals surface area contributed by atoms with Crippen molar-refractivity contribution in [3.8, 4) is 0 Å². The molecule has 0 radical (unpaired) electrons. The van der Waals surface area contributed by atoms with Crippen LogP contribution in [0, 0.1) is 0 Å². The van der Waals surface area contributed by atoms with Gasteiger partial charge in [-0.05, 0) is 36.1 Å². The average Bonchev–Trinajstić information content (AvgIpc) is 2.54. The van der Waals surface area contributed by atoms with Gasteiger partial charge in [-0.3, -0.25) is 4.79 Å². The van der Waals surface area contributed by atoms with Crippen LogP contribution in [0.2, 0.25) is 0 Å². The minimum Gasteiger partial charge on any atom is -0.346 e. The number of benzene rings is 2. The van der Waals surface area contributed by atoms with Gasteiger partial charge in [-0.25, -0.2) is 0 Å². The zero-order valence-corrected chi connectivity index (χ0v) is 12.5. The van der Waals surface area contributed by atoms with Crippen LogP contribution in [0.5, 0.6) is 0 Å². The topological polar surface area (TPSA) is 29.1 Å². The summed E-state index contributed by atoms with van der Waals surface area (Å²) in [6.45, 7) is 4.13. The van der Waals surface area contributed by atoms with Gasteiger partial charge in [0.25, 0.3) is 0 Å². The largest absolute Gasteiger partial charge is 0.346 e. The van der Waals surface area contributed by atoms with Crippen LogP contribution in [0.4, 0.5) is 0 Å². The smallest absolute Gasteiger partial charge is 0.244 e. The molecule has 2 heteroatoms. The number of carbonyl (C=O) groups is 1. The van der Waals surface area contributed by atoms with Crippen molar-refractivity contribution in [2.24, 2.45) is 0 Å². The minimum absolute atomic E-state index is 0.00355. The third kappa shape index (κ3) is 4.60. The molecule has 0 fully saturated rings. The van der Waals surface area contributed by atoms with E-state index >= 15 is 0 Å². The Hall–Kier alpha value is -2.35. The first-order valence-corrected chi connectivity index (χ1v) is 7.31. The Labute approximate surface area is 126 Å². The minimum atomic E-state index is -0.0779. The lowest BCUT2D eigenvalue weighted by atomic mass is 10.0. The second kappa shape index (κ2) is 7.44. The van der Waals surface area contributed by atoms with Crippen LogP contribution in [0.25, 0.3) is 6.08 Å². The highest BCUT2D eigenvalue weighted by Crippen LogP contribution is 2.13. The Morgan fingerprint density at radius 1 is 1.10 bits per heavy atom. The zero-order chi connectivity index (χ0) is 15.1. The Morgan fingerprint density at radius 2 is 1.76 bits per heavy atom. The van der Waals surface area contributed by atoms with Crippen molar-refractivity contribution in [1.82, 2.24) is 5.32 Å². The van der Waals surface area contributed by atoms with Gasteiger partial charge in [0.15, 0.2) is 0 Å². The quantitative estimate of drug-likeness (QED) is 0.819. The normalized spacial score (nSPS) is 12.3. The van der Waals surface area contributed by atoms with Crippen molar-refractivity contribution in [2.75, 3.05) is 0 Å². The number of amides is 1. The molecule has 2 aromatic carbocycles. The van der Waals surface area contributed by atoms with E-state index in [2.05, 4.69) is 36.5 Å². The highest BCUT2D eigenvalue weighted by atomic mass is 16.1. The molecule has 1 atom stereocenters. The summed E-state index contributed by atoms with van der Waals surface area (Å²) in [5, 5.41) is 2.98. The molecule has 2 aromatic rings. The highest BCUT2D eigenvalue weighted by Gasteiger charge is 2.07. The lowest BCUT2D eigenvalue weighted by Crippen LogP contribution is -2.24. The molecule has 0 aliphatic heterocycles. The fourth-order valence-corrected chi connectivity index (χ4v) is 2.12. The standard InChI is InChI=1S/C19H21NO/c1-3-16-9-12-18(13-10-16)15(2)20-19(21)14-11-17-7-5-4-6-8-17/h4-15H,3H2,1-2H3,(H,20,21)/b14-11+/t15-/m1/s1. The van der Waals surface area contributed by atoms with E-state index < -0.39 is 0 Å². The molecule has 0 saturated heterocycles. The van der Waals surface area contributed by atoms with Gasteiger partial charge in [0.2, 0.25) is 5.91 Å². The van der Waals surface area contributed by atoms with Crippen molar-refractivity contribution in [3.05, 3.63) is 77.4 Å². The molecular weight excluding hydrogens is 258 g/mol. The van der Waals surface area contributed by atoms with Crippen LogP contribution >= 0.6 is 0 Å². The summed E-state index contributed by atoms with van der Waals surface area (Å²) >= 11 is 0. The van der Waals surface area contributed by atoms with Crippen molar-refractivity contribution >= 4 is 12.0 Å². The SMILES string of the molecule is CCc1ccc([C@@H](C)NC(=O)/C=C/c2ccccc2)cc1. The first-order chi connectivity index (χ1) is 10.2. The van der Waals surface area contributed by atoms with Crippen molar-refractivity contribution < 1.29 is 4.79 Å². The zero-order valence-electron chi connectivity index (χ0n) is 12.5. The van der Waals surface area contributed by atoms with Crippen molar-refractivity contribution in [1.29, 1.82) is 0 Å². The van der Waals surface area contributed by atoms with Gasteiger partial charge in [-0.15, -0.1) is 0 Å². The van der Waals surface area contributed by atoms with Crippen molar-refractivity contribution in [3.63, 3.8) is 0 Å². The predicted molar refractivity (Wildman–Crippen MR) is 87.9 cm³/mol. The molecule has 21 heavy (non-hydrogen) atoms. The number of rotatable bonds is 5. The number of aryl methyl sites for hydroxylation is 1. The van der Waals surface area contributed by atoms with Crippen LogP contribution in [0.15, 0.2) is 60.7 Å². The molecule has 0 bridgehead atoms. The Kier molecular flexibility index (Phi) is 5.33. The molecule has 0 spiro atoms. The summed E-state index contributed by atoms with van der Waals surface area (Å²) in [5.74, 6) is -0.0779. The molecule has 0 unspecified atom stereocenters. The summed E-state index contributed by atoms with van der Waals surface area (Å²) < 4.78 is 0. The lowest BCUT2D eigenvalue weighted by Gasteiger charge is -2.13. The number of carbonyl (C=O) groups excluding carboxylic acids is 1. The fourth-order valence-electron chi connectivity index (χ4n) is 2.12. The van der Waals surface area contributed by atoms with Crippen LogP contribution < -0.4 is 5.32 Å². The fraction of sp³-hybridized carbons (Fsp3) is 0.211. The maximum Gasteiger partial charge on any atom is 0.244 e. The first-order valence-electron chi connectivity index (χ1n) is 7.31. The Bertz CT molecular complexity index is 599. The molecule has 0 aliphatic rings. The molecule has 0 heterocycles. The average molecular weight is 279 g/mol. The van der Waals surface area contributed by atoms with E-state index in [4.69, 9.17) is 0 Å². The van der Waals surface area contributed by atoms with E-state index in [1.165, 1.54) is 5.56 Å². The van der Waals surface area contributed by atoms with Gasteiger partial charge in [-0.2, -0.15) is 0 Å². The lowest BCUT2D eigenvalue weighted by molar-refractivity contribution is -0.117. The summed E-state index contributed by atoms with van der Waals surface area (Å²) in [6.07, 6.45) is 4.43. The molecule has 2 nitrogen and oxygen atoms in total.